The lowest BCUT2D eigenvalue weighted by Crippen LogP contribution is -2.08. The molecule has 15 heavy (non-hydrogen) atoms. The van der Waals surface area contributed by atoms with Gasteiger partial charge in [-0.2, -0.15) is 0 Å². The average Bonchev–Trinajstić information content (AvgIpc) is 2.51. The molecule has 1 aliphatic rings. The van der Waals surface area contributed by atoms with E-state index in [4.69, 9.17) is 5.73 Å². The minimum atomic E-state index is 0.866. The Kier molecular flexibility index (Phi) is 2.78. The number of hydrogen-bond acceptors (Lipinski definition) is 2. The minimum absolute atomic E-state index is 0.866. The molecule has 0 heterocycles. The zero-order valence-corrected chi connectivity index (χ0v) is 9.43. The van der Waals surface area contributed by atoms with Gasteiger partial charge in [0.05, 0.1) is 0 Å². The molecule has 0 saturated heterocycles. The van der Waals surface area contributed by atoms with Crippen LogP contribution in [0.25, 0.3) is 5.57 Å². The molecule has 0 radical (unpaired) electrons. The van der Waals surface area contributed by atoms with Crippen LogP contribution in [0, 0.1) is 0 Å². The summed E-state index contributed by atoms with van der Waals surface area (Å²) in [5.74, 6) is 0. The molecule has 0 spiro atoms. The van der Waals surface area contributed by atoms with Crippen molar-refractivity contribution in [3.63, 3.8) is 0 Å². The SMILES string of the molecule is CNCCC1=C(C)Cc2ccc(N)cc21. The van der Waals surface area contributed by atoms with Gasteiger partial charge in [-0.15, -0.1) is 0 Å². The maximum Gasteiger partial charge on any atom is 0.0320 e. The van der Waals surface area contributed by atoms with Gasteiger partial charge in [0.25, 0.3) is 0 Å². The van der Waals surface area contributed by atoms with Crippen LogP contribution >= 0.6 is 0 Å². The molecular formula is C13H18N2. The minimum Gasteiger partial charge on any atom is -0.399 e. The second-order valence-corrected chi connectivity index (χ2v) is 4.21. The monoisotopic (exact) mass is 202 g/mol. The summed E-state index contributed by atoms with van der Waals surface area (Å²) in [6.07, 6.45) is 2.19. The third-order valence-corrected chi connectivity index (χ3v) is 3.05. The van der Waals surface area contributed by atoms with E-state index in [0.29, 0.717) is 0 Å². The topological polar surface area (TPSA) is 38.0 Å². The molecule has 1 aliphatic carbocycles. The molecule has 2 heteroatoms. The van der Waals surface area contributed by atoms with Crippen LogP contribution in [0.3, 0.4) is 0 Å². The Morgan fingerprint density at radius 1 is 1.40 bits per heavy atom. The third-order valence-electron chi connectivity index (χ3n) is 3.05. The van der Waals surface area contributed by atoms with Crippen molar-refractivity contribution in [3.05, 3.63) is 34.9 Å². The fourth-order valence-electron chi connectivity index (χ4n) is 2.25. The van der Waals surface area contributed by atoms with Crippen LogP contribution in [-0.4, -0.2) is 13.6 Å². The van der Waals surface area contributed by atoms with Gasteiger partial charge in [-0.3, -0.25) is 0 Å². The van der Waals surface area contributed by atoms with E-state index in [0.717, 1.165) is 25.1 Å². The second-order valence-electron chi connectivity index (χ2n) is 4.21. The lowest BCUT2D eigenvalue weighted by molar-refractivity contribution is 0.814. The van der Waals surface area contributed by atoms with Crippen LogP contribution in [0.4, 0.5) is 5.69 Å². The first kappa shape index (κ1) is 10.2. The quantitative estimate of drug-likeness (QED) is 0.737. The summed E-state index contributed by atoms with van der Waals surface area (Å²) in [4.78, 5) is 0. The summed E-state index contributed by atoms with van der Waals surface area (Å²) in [6.45, 7) is 3.25. The predicted octanol–water partition coefficient (Wildman–Crippen LogP) is 2.21. The number of nitrogens with one attached hydrogen (secondary N) is 1. The summed E-state index contributed by atoms with van der Waals surface area (Å²) < 4.78 is 0. The lowest BCUT2D eigenvalue weighted by Gasteiger charge is -2.07. The fraction of sp³-hybridized carbons (Fsp3) is 0.385. The summed E-state index contributed by atoms with van der Waals surface area (Å²) in [5.41, 5.74) is 12.5. The van der Waals surface area contributed by atoms with Crippen molar-refractivity contribution in [2.75, 3.05) is 19.3 Å². The number of hydrogen-bond donors (Lipinski definition) is 2. The van der Waals surface area contributed by atoms with E-state index in [-0.39, 0.29) is 0 Å². The maximum absolute atomic E-state index is 5.83. The first-order valence-electron chi connectivity index (χ1n) is 5.44. The predicted molar refractivity (Wildman–Crippen MR) is 65.7 cm³/mol. The maximum atomic E-state index is 5.83. The van der Waals surface area contributed by atoms with E-state index in [1.165, 1.54) is 22.3 Å². The van der Waals surface area contributed by atoms with Crippen LogP contribution < -0.4 is 11.1 Å². The molecule has 0 amide bonds. The molecule has 1 aromatic rings. The van der Waals surface area contributed by atoms with Crippen LogP contribution in [-0.2, 0) is 6.42 Å². The van der Waals surface area contributed by atoms with Crippen LogP contribution in [0.1, 0.15) is 24.5 Å². The fourth-order valence-corrected chi connectivity index (χ4v) is 2.25. The van der Waals surface area contributed by atoms with Crippen molar-refractivity contribution in [3.8, 4) is 0 Å². The Hall–Kier alpha value is -1.28. The number of nitrogen functional groups attached to an aromatic ring is 1. The standard InChI is InChI=1S/C13H18N2/c1-9-7-10-3-4-11(14)8-13(10)12(9)5-6-15-2/h3-4,8,15H,5-7,14H2,1-2H3. The molecule has 0 saturated carbocycles. The first-order valence-corrected chi connectivity index (χ1v) is 5.44. The van der Waals surface area contributed by atoms with Gasteiger partial charge in [0, 0.05) is 5.69 Å². The molecule has 0 unspecified atom stereocenters. The van der Waals surface area contributed by atoms with Gasteiger partial charge < -0.3 is 11.1 Å². The molecule has 0 fully saturated rings. The Balaban J connectivity index is 2.32. The zero-order chi connectivity index (χ0) is 10.8. The van der Waals surface area contributed by atoms with E-state index in [2.05, 4.69) is 24.4 Å². The van der Waals surface area contributed by atoms with E-state index in [9.17, 15) is 0 Å². The smallest absolute Gasteiger partial charge is 0.0320 e. The van der Waals surface area contributed by atoms with Crippen molar-refractivity contribution in [1.82, 2.24) is 5.32 Å². The van der Waals surface area contributed by atoms with Gasteiger partial charge in [0.1, 0.15) is 0 Å². The molecule has 2 nitrogen and oxygen atoms in total. The highest BCUT2D eigenvalue weighted by Gasteiger charge is 2.17. The summed E-state index contributed by atoms with van der Waals surface area (Å²) >= 11 is 0. The molecule has 80 valence electrons. The van der Waals surface area contributed by atoms with Crippen molar-refractivity contribution >= 4 is 11.3 Å². The Bertz CT molecular complexity index is 405. The molecule has 3 N–H and O–H groups in total. The molecule has 0 bridgehead atoms. The van der Waals surface area contributed by atoms with Crippen LogP contribution in [0.15, 0.2) is 23.8 Å². The normalized spacial score (nSPS) is 14.5. The van der Waals surface area contributed by atoms with Crippen molar-refractivity contribution in [1.29, 1.82) is 0 Å². The number of fused-ring (bicyclic) bond motifs is 1. The largest absolute Gasteiger partial charge is 0.399 e. The van der Waals surface area contributed by atoms with E-state index in [1.54, 1.807) is 0 Å². The van der Waals surface area contributed by atoms with Crippen LogP contribution in [0.2, 0.25) is 0 Å². The molecule has 0 atom stereocenters. The lowest BCUT2D eigenvalue weighted by atomic mass is 10.0. The highest BCUT2D eigenvalue weighted by molar-refractivity contribution is 5.78. The summed E-state index contributed by atoms with van der Waals surface area (Å²) in [5, 5.41) is 3.20. The highest BCUT2D eigenvalue weighted by atomic mass is 14.8. The van der Waals surface area contributed by atoms with Crippen LogP contribution in [0.5, 0.6) is 0 Å². The van der Waals surface area contributed by atoms with Crippen molar-refractivity contribution in [2.45, 2.75) is 19.8 Å². The Morgan fingerprint density at radius 2 is 2.20 bits per heavy atom. The number of nitrogens with two attached hydrogens (primary N) is 1. The number of rotatable bonds is 3. The van der Waals surface area contributed by atoms with Crippen molar-refractivity contribution in [2.24, 2.45) is 0 Å². The van der Waals surface area contributed by atoms with Crippen molar-refractivity contribution < 1.29 is 0 Å². The van der Waals surface area contributed by atoms with Gasteiger partial charge in [-0.25, -0.2) is 0 Å². The average molecular weight is 202 g/mol. The number of anilines is 1. The Morgan fingerprint density at radius 3 is 2.93 bits per heavy atom. The number of benzene rings is 1. The van der Waals surface area contributed by atoms with Gasteiger partial charge in [0.15, 0.2) is 0 Å². The van der Waals surface area contributed by atoms with Gasteiger partial charge >= 0.3 is 0 Å². The molecule has 1 aromatic carbocycles. The molecular weight excluding hydrogens is 184 g/mol. The summed E-state index contributed by atoms with van der Waals surface area (Å²) in [6, 6.07) is 6.25. The molecule has 0 aliphatic heterocycles. The van der Waals surface area contributed by atoms with Gasteiger partial charge in [-0.05, 0) is 62.2 Å². The second kappa shape index (κ2) is 4.07. The molecule has 2 rings (SSSR count). The van der Waals surface area contributed by atoms with E-state index >= 15 is 0 Å². The first-order chi connectivity index (χ1) is 7.22. The highest BCUT2D eigenvalue weighted by Crippen LogP contribution is 2.35. The summed E-state index contributed by atoms with van der Waals surface area (Å²) in [7, 11) is 1.99. The van der Waals surface area contributed by atoms with E-state index < -0.39 is 0 Å². The third kappa shape index (κ3) is 1.90. The zero-order valence-electron chi connectivity index (χ0n) is 9.43. The van der Waals surface area contributed by atoms with Gasteiger partial charge in [0.2, 0.25) is 0 Å². The molecule has 0 aromatic heterocycles. The van der Waals surface area contributed by atoms with E-state index in [1.807, 2.05) is 13.1 Å². The Labute approximate surface area is 91.2 Å². The number of allylic oxidation sites excluding steroid dienone is 1. The van der Waals surface area contributed by atoms with Gasteiger partial charge in [-0.1, -0.05) is 11.6 Å².